The number of sulfone groups is 1. The van der Waals surface area contributed by atoms with Crippen LogP contribution in [0.25, 0.3) is 0 Å². The number of nitrogens with zero attached hydrogens (tertiary/aromatic N) is 1. The summed E-state index contributed by atoms with van der Waals surface area (Å²) in [4.78, 5) is 13.9. The third-order valence-electron chi connectivity index (χ3n) is 3.84. The van der Waals surface area contributed by atoms with E-state index < -0.39 is 15.9 Å². The van der Waals surface area contributed by atoms with Crippen LogP contribution in [-0.4, -0.2) is 49.9 Å². The van der Waals surface area contributed by atoms with Crippen molar-refractivity contribution in [2.24, 2.45) is 0 Å². The number of hydrogen-bond acceptors (Lipinski definition) is 4. The Hall–Kier alpha value is -1.08. The first-order chi connectivity index (χ1) is 10.2. The van der Waals surface area contributed by atoms with Gasteiger partial charge < -0.3 is 9.64 Å². The second kappa shape index (κ2) is 6.58. The molecule has 7 heteroatoms. The van der Waals surface area contributed by atoms with E-state index in [2.05, 4.69) is 15.9 Å². The SMILES string of the molecule is Cc1ccc(O[C@H](C)C(=O)N(C)[C@@H]2CCS(=O)(=O)C2)c(Br)c1. The lowest BCUT2D eigenvalue weighted by Crippen LogP contribution is -2.44. The molecule has 0 radical (unpaired) electrons. The normalized spacial score (nSPS) is 21.4. The lowest BCUT2D eigenvalue weighted by Gasteiger charge is -2.27. The molecule has 0 unspecified atom stereocenters. The lowest BCUT2D eigenvalue weighted by molar-refractivity contribution is -0.138. The van der Waals surface area contributed by atoms with Crippen LogP contribution in [0.4, 0.5) is 0 Å². The molecular formula is C15H20BrNO4S. The van der Waals surface area contributed by atoms with Crippen LogP contribution in [0.15, 0.2) is 22.7 Å². The molecule has 22 heavy (non-hydrogen) atoms. The van der Waals surface area contributed by atoms with Gasteiger partial charge in [-0.25, -0.2) is 8.42 Å². The van der Waals surface area contributed by atoms with E-state index in [0.717, 1.165) is 10.0 Å². The quantitative estimate of drug-likeness (QED) is 0.791. The summed E-state index contributed by atoms with van der Waals surface area (Å²) in [6.45, 7) is 3.64. The number of ether oxygens (including phenoxy) is 1. The molecule has 1 fully saturated rings. The van der Waals surface area contributed by atoms with E-state index in [1.165, 1.54) is 4.90 Å². The van der Waals surface area contributed by atoms with Gasteiger partial charge in [-0.1, -0.05) is 6.07 Å². The average Bonchev–Trinajstić information content (AvgIpc) is 2.80. The number of halogens is 1. The van der Waals surface area contributed by atoms with Crippen molar-refractivity contribution < 1.29 is 17.9 Å². The Kier molecular flexibility index (Phi) is 5.17. The molecule has 0 aliphatic carbocycles. The second-order valence-electron chi connectivity index (χ2n) is 5.70. The van der Waals surface area contributed by atoms with Crippen LogP contribution >= 0.6 is 15.9 Å². The summed E-state index contributed by atoms with van der Waals surface area (Å²) in [7, 11) is -1.38. The first kappa shape index (κ1) is 17.3. The first-order valence-electron chi connectivity index (χ1n) is 7.09. The number of hydrogen-bond donors (Lipinski definition) is 0. The summed E-state index contributed by atoms with van der Waals surface area (Å²) in [6, 6.07) is 5.37. The molecule has 122 valence electrons. The van der Waals surface area contributed by atoms with Crippen LogP contribution in [0.5, 0.6) is 5.75 Å². The van der Waals surface area contributed by atoms with Gasteiger partial charge in [0.25, 0.3) is 5.91 Å². The molecule has 5 nitrogen and oxygen atoms in total. The van der Waals surface area contributed by atoms with Crippen molar-refractivity contribution >= 4 is 31.7 Å². The summed E-state index contributed by atoms with van der Waals surface area (Å²) in [5.74, 6) is 0.568. The van der Waals surface area contributed by atoms with Gasteiger partial charge in [0.1, 0.15) is 5.75 Å². The van der Waals surface area contributed by atoms with Crippen molar-refractivity contribution in [3.63, 3.8) is 0 Å². The van der Waals surface area contributed by atoms with E-state index in [4.69, 9.17) is 4.74 Å². The van der Waals surface area contributed by atoms with Gasteiger partial charge in [0.05, 0.1) is 16.0 Å². The number of benzene rings is 1. The highest BCUT2D eigenvalue weighted by Gasteiger charge is 2.34. The summed E-state index contributed by atoms with van der Waals surface area (Å²) < 4.78 is 29.6. The largest absolute Gasteiger partial charge is 0.480 e. The highest BCUT2D eigenvalue weighted by Crippen LogP contribution is 2.27. The molecule has 1 saturated heterocycles. The molecule has 0 saturated carbocycles. The number of likely N-dealkylation sites (N-methyl/N-ethyl adjacent to an activating group) is 1. The predicted molar refractivity (Wildman–Crippen MR) is 88.8 cm³/mol. The summed E-state index contributed by atoms with van der Waals surface area (Å²) in [5.41, 5.74) is 1.09. The molecule has 0 N–H and O–H groups in total. The average molecular weight is 390 g/mol. The number of amides is 1. The maximum Gasteiger partial charge on any atom is 0.263 e. The second-order valence-corrected chi connectivity index (χ2v) is 8.78. The standard InChI is InChI=1S/C15H20BrNO4S/c1-10-4-5-14(13(16)8-10)21-11(2)15(18)17(3)12-6-7-22(19,20)9-12/h4-5,8,11-12H,6-7,9H2,1-3H3/t11-,12-/m1/s1. The zero-order valence-electron chi connectivity index (χ0n) is 12.9. The molecule has 0 bridgehead atoms. The van der Waals surface area contributed by atoms with Crippen LogP contribution in [0.3, 0.4) is 0 Å². The molecule has 1 amide bonds. The Bertz CT molecular complexity index is 674. The lowest BCUT2D eigenvalue weighted by atomic mass is 10.2. The van der Waals surface area contributed by atoms with E-state index in [-0.39, 0.29) is 23.5 Å². The minimum atomic E-state index is -3.01. The summed E-state index contributed by atoms with van der Waals surface area (Å²) in [5, 5.41) is 0. The van der Waals surface area contributed by atoms with Gasteiger partial charge in [-0.05, 0) is 53.9 Å². The van der Waals surface area contributed by atoms with E-state index in [0.29, 0.717) is 12.2 Å². The van der Waals surface area contributed by atoms with Gasteiger partial charge in [0.15, 0.2) is 15.9 Å². The van der Waals surface area contributed by atoms with Gasteiger partial charge in [-0.15, -0.1) is 0 Å². The number of carbonyl (C=O) groups is 1. The molecule has 2 rings (SSSR count). The maximum absolute atomic E-state index is 12.4. The number of carbonyl (C=O) groups excluding carboxylic acids is 1. The zero-order chi connectivity index (χ0) is 16.5. The third-order valence-corrected chi connectivity index (χ3v) is 6.21. The van der Waals surface area contributed by atoms with Crippen LogP contribution in [0, 0.1) is 6.92 Å². The number of rotatable bonds is 4. The van der Waals surface area contributed by atoms with Crippen LogP contribution in [0.1, 0.15) is 18.9 Å². The van der Waals surface area contributed by atoms with Gasteiger partial charge in [0, 0.05) is 13.1 Å². The highest BCUT2D eigenvalue weighted by molar-refractivity contribution is 9.10. The zero-order valence-corrected chi connectivity index (χ0v) is 15.3. The monoisotopic (exact) mass is 389 g/mol. The number of aryl methyl sites for hydroxylation is 1. The Morgan fingerprint density at radius 2 is 2.14 bits per heavy atom. The predicted octanol–water partition coefficient (Wildman–Crippen LogP) is 2.17. The van der Waals surface area contributed by atoms with E-state index in [1.54, 1.807) is 14.0 Å². The topological polar surface area (TPSA) is 63.7 Å². The Balaban J connectivity index is 2.02. The Morgan fingerprint density at radius 1 is 1.45 bits per heavy atom. The van der Waals surface area contributed by atoms with E-state index in [9.17, 15) is 13.2 Å². The van der Waals surface area contributed by atoms with Gasteiger partial charge in [-0.2, -0.15) is 0 Å². The third kappa shape index (κ3) is 4.01. The fraction of sp³-hybridized carbons (Fsp3) is 0.533. The smallest absolute Gasteiger partial charge is 0.263 e. The van der Waals surface area contributed by atoms with Crippen molar-refractivity contribution in [2.75, 3.05) is 18.6 Å². The molecule has 1 aliphatic heterocycles. The van der Waals surface area contributed by atoms with E-state index in [1.807, 2.05) is 25.1 Å². The van der Waals surface area contributed by atoms with Gasteiger partial charge >= 0.3 is 0 Å². The Labute approximate surface area is 139 Å². The Morgan fingerprint density at radius 3 is 2.68 bits per heavy atom. The van der Waals surface area contributed by atoms with Crippen molar-refractivity contribution in [3.8, 4) is 5.75 Å². The maximum atomic E-state index is 12.4. The fourth-order valence-electron chi connectivity index (χ4n) is 2.49. The molecule has 1 aliphatic rings. The fourth-order valence-corrected chi connectivity index (χ4v) is 4.85. The van der Waals surface area contributed by atoms with Crippen LogP contribution in [-0.2, 0) is 14.6 Å². The van der Waals surface area contributed by atoms with Crippen molar-refractivity contribution in [1.82, 2.24) is 4.90 Å². The highest BCUT2D eigenvalue weighted by atomic mass is 79.9. The van der Waals surface area contributed by atoms with Crippen molar-refractivity contribution in [2.45, 2.75) is 32.4 Å². The van der Waals surface area contributed by atoms with E-state index >= 15 is 0 Å². The summed E-state index contributed by atoms with van der Waals surface area (Å²) in [6.07, 6.45) is -0.182. The van der Waals surface area contributed by atoms with Crippen molar-refractivity contribution in [1.29, 1.82) is 0 Å². The van der Waals surface area contributed by atoms with Gasteiger partial charge in [-0.3, -0.25) is 4.79 Å². The molecule has 2 atom stereocenters. The van der Waals surface area contributed by atoms with Crippen molar-refractivity contribution in [3.05, 3.63) is 28.2 Å². The molecule has 0 spiro atoms. The van der Waals surface area contributed by atoms with Crippen LogP contribution < -0.4 is 4.74 Å². The molecule has 1 heterocycles. The molecule has 1 aromatic carbocycles. The molecular weight excluding hydrogens is 370 g/mol. The summed E-state index contributed by atoms with van der Waals surface area (Å²) >= 11 is 3.41. The molecule has 0 aromatic heterocycles. The molecule has 1 aromatic rings. The first-order valence-corrected chi connectivity index (χ1v) is 9.71. The minimum absolute atomic E-state index is 0.0379. The van der Waals surface area contributed by atoms with Gasteiger partial charge in [0.2, 0.25) is 0 Å². The minimum Gasteiger partial charge on any atom is -0.480 e. The van der Waals surface area contributed by atoms with Crippen LogP contribution in [0.2, 0.25) is 0 Å².